The van der Waals surface area contributed by atoms with Gasteiger partial charge in [-0.1, -0.05) is 17.7 Å². The number of carbonyl (C=O) groups is 2. The maximum atomic E-state index is 13.4. The molecule has 84 heavy (non-hydrogen) atoms. The Bertz CT molecular complexity index is 4210. The zero-order valence-corrected chi connectivity index (χ0v) is 45.0. The summed E-state index contributed by atoms with van der Waals surface area (Å²) in [5, 5.41) is 28.0. The molecule has 3 aliphatic heterocycles. The van der Waals surface area contributed by atoms with Crippen molar-refractivity contribution in [1.82, 2.24) is 53.8 Å². The Morgan fingerprint density at radius 2 is 1.02 bits per heavy atom. The van der Waals surface area contributed by atoms with E-state index in [4.69, 9.17) is 36.8 Å². The van der Waals surface area contributed by atoms with Crippen LogP contribution < -0.4 is 16.4 Å². The van der Waals surface area contributed by atoms with Gasteiger partial charge in [0.1, 0.15) is 5.15 Å². The van der Waals surface area contributed by atoms with Crippen LogP contribution in [0.1, 0.15) is 88.8 Å². The van der Waals surface area contributed by atoms with Crippen LogP contribution in [0, 0.1) is 25.2 Å². The third kappa shape index (κ3) is 11.7. The van der Waals surface area contributed by atoms with Crippen molar-refractivity contribution in [3.63, 3.8) is 0 Å². The van der Waals surface area contributed by atoms with Crippen molar-refractivity contribution in [2.24, 2.45) is 5.73 Å². The number of nitrogens with zero attached hydrogens (tertiary/aromatic N) is 12. The number of rotatable bonds is 10. The molecule has 4 N–H and O–H groups in total. The highest BCUT2D eigenvalue weighted by atomic mass is 35.5. The molecule has 0 spiro atoms. The number of hydrogen-bond acceptors (Lipinski definition) is 15. The fourth-order valence-corrected chi connectivity index (χ4v) is 9.71. The third-order valence-corrected chi connectivity index (χ3v) is 14.4. The maximum Gasteiger partial charge on any atom is 0.417 e. The summed E-state index contributed by atoms with van der Waals surface area (Å²) in [5.41, 5.74) is 12.3. The van der Waals surface area contributed by atoms with Crippen molar-refractivity contribution in [2.45, 2.75) is 50.5 Å². The first-order valence-electron chi connectivity index (χ1n) is 25.8. The summed E-state index contributed by atoms with van der Waals surface area (Å²) >= 11 is 5.91. The van der Waals surface area contributed by atoms with E-state index in [0.717, 1.165) is 59.0 Å². The van der Waals surface area contributed by atoms with Crippen molar-refractivity contribution in [2.75, 3.05) is 50.3 Å². The summed E-state index contributed by atoms with van der Waals surface area (Å²) in [6.07, 6.45) is 3.81. The standard InChI is InChI=1S/C24H21F3N6O2.C24H17F3N6O2.C9H8ClN3O/c2*1-13-18(21-8-19(16-11-35-12-16)22-29-4-5-33(22)32-21)7-17(10-30-13)31-23(34)14-2-3-15(9-28)20(6-14)24(25,26)27;10-8-3-7(6-4-14-5-6)9-11-1-2-13(9)12-8/h2-8,10,16H,9,11-12,28H2,1H3,(H,31,34);2-8,10,16H,11-12H2,1H3,(H,31,34);1-3,6H,4-5H2. The molecule has 0 unspecified atom stereocenters. The minimum atomic E-state index is -4.76. The molecule has 20 nitrogen and oxygen atoms in total. The number of aromatic nitrogens is 11. The van der Waals surface area contributed by atoms with E-state index >= 15 is 0 Å². The van der Waals surface area contributed by atoms with E-state index in [1.165, 1.54) is 36.7 Å². The number of halogens is 7. The normalized spacial score (nSPS) is 14.6. The minimum Gasteiger partial charge on any atom is -0.380 e. The lowest BCUT2D eigenvalue weighted by Crippen LogP contribution is -2.26. The van der Waals surface area contributed by atoms with Gasteiger partial charge in [-0.2, -0.15) is 46.9 Å². The second-order valence-electron chi connectivity index (χ2n) is 19.7. The predicted molar refractivity (Wildman–Crippen MR) is 292 cm³/mol. The molecule has 0 bridgehead atoms. The topological polar surface area (TPSA) is 252 Å². The third-order valence-electron chi connectivity index (χ3n) is 14.2. The Hall–Kier alpha value is -9.26. The number of amides is 2. The second-order valence-corrected chi connectivity index (χ2v) is 20.1. The smallest absolute Gasteiger partial charge is 0.380 e. The Kier molecular flexibility index (Phi) is 15.6. The lowest BCUT2D eigenvalue weighted by Gasteiger charge is -2.26. The molecular weight excluding hydrogens is 1120 g/mol. The molecule has 428 valence electrons. The fraction of sp³-hybridized carbons (Fsp3) is 0.246. The van der Waals surface area contributed by atoms with Crippen LogP contribution in [0.2, 0.25) is 5.15 Å². The van der Waals surface area contributed by atoms with Gasteiger partial charge < -0.3 is 30.6 Å². The summed E-state index contributed by atoms with van der Waals surface area (Å²) in [4.78, 5) is 47.2. The Morgan fingerprint density at radius 1 is 0.607 bits per heavy atom. The first-order valence-corrected chi connectivity index (χ1v) is 26.2. The number of imidazole rings is 3. The number of fused-ring (bicyclic) bond motifs is 3. The van der Waals surface area contributed by atoms with Crippen LogP contribution in [0.25, 0.3) is 39.5 Å². The summed E-state index contributed by atoms with van der Waals surface area (Å²) in [7, 11) is 0. The average Bonchev–Trinajstić information content (AvgIpc) is 2.85. The van der Waals surface area contributed by atoms with Crippen LogP contribution in [-0.4, -0.2) is 105 Å². The summed E-state index contributed by atoms with van der Waals surface area (Å²) in [5.74, 6) is -0.641. The van der Waals surface area contributed by atoms with Gasteiger partial charge in [0.15, 0.2) is 16.9 Å². The molecule has 2 amide bonds. The van der Waals surface area contributed by atoms with E-state index in [-0.39, 0.29) is 40.8 Å². The molecule has 0 saturated carbocycles. The molecule has 0 atom stereocenters. The number of nitrogens with one attached hydrogen (secondary N) is 2. The lowest BCUT2D eigenvalue weighted by molar-refractivity contribution is -0.138. The Morgan fingerprint density at radius 3 is 1.43 bits per heavy atom. The number of hydrogen-bond donors (Lipinski definition) is 3. The highest BCUT2D eigenvalue weighted by molar-refractivity contribution is 6.29. The number of alkyl halides is 6. The average molecular weight is 1170 g/mol. The number of aryl methyl sites for hydroxylation is 2. The van der Waals surface area contributed by atoms with Crippen molar-refractivity contribution in [1.29, 1.82) is 5.26 Å². The molecule has 2 aromatic carbocycles. The monoisotopic (exact) mass is 1170 g/mol. The fourth-order valence-electron chi connectivity index (χ4n) is 9.51. The van der Waals surface area contributed by atoms with Gasteiger partial charge in [-0.15, -0.1) is 0 Å². The minimum absolute atomic E-state index is 0.0815. The number of benzene rings is 2. The molecule has 13 rings (SSSR count). The van der Waals surface area contributed by atoms with Gasteiger partial charge in [0, 0.05) is 112 Å². The zero-order valence-electron chi connectivity index (χ0n) is 44.3. The van der Waals surface area contributed by atoms with Gasteiger partial charge in [0.25, 0.3) is 11.8 Å². The van der Waals surface area contributed by atoms with Crippen LogP contribution in [0.15, 0.2) is 116 Å². The van der Waals surface area contributed by atoms with Crippen LogP contribution in [-0.2, 0) is 33.1 Å². The highest BCUT2D eigenvalue weighted by Gasteiger charge is 2.36. The number of nitriles is 1. The molecular formula is C57H46ClF6N15O5. The maximum absolute atomic E-state index is 13.4. The molecule has 3 aliphatic rings. The lowest BCUT2D eigenvalue weighted by atomic mass is 9.97. The SMILES string of the molecule is Cc1ncc(NC(=O)c2ccc(C#N)c(C(F)(F)F)c2)cc1-c1cc(C2COC2)c2nccn2n1.Cc1ncc(NC(=O)c2ccc(CN)c(C(F)(F)F)c2)cc1-c1cc(C2COC2)c2nccn2n1.Clc1cc(C2COC2)c2nccn2n1. The van der Waals surface area contributed by atoms with Crippen LogP contribution >= 0.6 is 11.6 Å². The summed E-state index contributed by atoms with van der Waals surface area (Å²) < 4.78 is 101. The van der Waals surface area contributed by atoms with Gasteiger partial charge in [0.2, 0.25) is 0 Å². The van der Waals surface area contributed by atoms with Gasteiger partial charge in [0.05, 0.1) is 97.6 Å². The van der Waals surface area contributed by atoms with Crippen molar-refractivity contribution in [3.8, 4) is 28.6 Å². The number of carbonyl (C=O) groups excluding carboxylic acids is 2. The number of anilines is 2. The molecule has 8 aromatic heterocycles. The Balaban J connectivity index is 0.000000143. The summed E-state index contributed by atoms with van der Waals surface area (Å²) in [6.45, 7) is 7.20. The van der Waals surface area contributed by atoms with Gasteiger partial charge in [-0.3, -0.25) is 19.6 Å². The molecule has 0 radical (unpaired) electrons. The first kappa shape index (κ1) is 56.6. The molecule has 10 aromatic rings. The predicted octanol–water partition coefficient (Wildman–Crippen LogP) is 9.80. The molecule has 0 aliphatic carbocycles. The quantitative estimate of drug-likeness (QED) is 0.108. The van der Waals surface area contributed by atoms with Gasteiger partial charge in [-0.05, 0) is 80.1 Å². The van der Waals surface area contributed by atoms with Crippen molar-refractivity contribution >= 4 is 51.7 Å². The number of ether oxygens (including phenoxy) is 3. The molecule has 3 fully saturated rings. The second kappa shape index (κ2) is 23.2. The highest BCUT2D eigenvalue weighted by Crippen LogP contribution is 2.37. The molecule has 3 saturated heterocycles. The van der Waals surface area contributed by atoms with E-state index < -0.39 is 40.9 Å². The number of pyridine rings is 2. The van der Waals surface area contributed by atoms with Crippen LogP contribution in [0.4, 0.5) is 37.7 Å². The number of nitrogens with two attached hydrogens (primary N) is 1. The van der Waals surface area contributed by atoms with E-state index in [0.29, 0.717) is 83.2 Å². The summed E-state index contributed by atoms with van der Waals surface area (Å²) in [6, 6.07) is 16.7. The molecule has 11 heterocycles. The largest absolute Gasteiger partial charge is 0.417 e. The van der Waals surface area contributed by atoms with Crippen LogP contribution in [0.5, 0.6) is 0 Å². The first-order chi connectivity index (χ1) is 40.3. The Labute approximate surface area is 477 Å². The van der Waals surface area contributed by atoms with E-state index in [1.54, 1.807) is 69.8 Å². The van der Waals surface area contributed by atoms with Crippen molar-refractivity contribution in [3.05, 3.63) is 183 Å². The van der Waals surface area contributed by atoms with Crippen LogP contribution in [0.3, 0.4) is 0 Å². The van der Waals surface area contributed by atoms with Gasteiger partial charge in [-0.25, -0.2) is 28.5 Å². The molecule has 27 heteroatoms. The zero-order chi connectivity index (χ0) is 59.0. The van der Waals surface area contributed by atoms with Gasteiger partial charge >= 0.3 is 12.4 Å². The van der Waals surface area contributed by atoms with E-state index in [9.17, 15) is 35.9 Å². The van der Waals surface area contributed by atoms with Crippen molar-refractivity contribution < 1.29 is 50.1 Å². The van der Waals surface area contributed by atoms with E-state index in [2.05, 4.69) is 50.8 Å². The van der Waals surface area contributed by atoms with E-state index in [1.807, 2.05) is 25.1 Å².